The predicted molar refractivity (Wildman–Crippen MR) is 70.2 cm³/mol. The van der Waals surface area contributed by atoms with Crippen molar-refractivity contribution in [3.63, 3.8) is 0 Å². The lowest BCUT2D eigenvalue weighted by atomic mass is 10.0. The molecule has 2 aromatic rings. The van der Waals surface area contributed by atoms with Crippen molar-refractivity contribution in [1.29, 1.82) is 0 Å². The molecule has 0 bridgehead atoms. The van der Waals surface area contributed by atoms with Gasteiger partial charge in [0.2, 0.25) is 11.8 Å². The Bertz CT molecular complexity index is 519. The molecule has 2 heterocycles. The van der Waals surface area contributed by atoms with E-state index < -0.39 is 0 Å². The smallest absolute Gasteiger partial charge is 0.289 e. The largest absolute Gasteiger partial charge is 0.366 e. The highest BCUT2D eigenvalue weighted by atomic mass is 32.1. The Morgan fingerprint density at radius 3 is 2.83 bits per heavy atom. The van der Waals surface area contributed by atoms with Gasteiger partial charge in [0.1, 0.15) is 0 Å². The van der Waals surface area contributed by atoms with E-state index >= 15 is 0 Å². The van der Waals surface area contributed by atoms with E-state index in [1.165, 1.54) is 0 Å². The number of rotatable bonds is 4. The standard InChI is InChI=1S/C11H15N5OS/c1-6(2)8(7-4-3-5-18-7)13-10(17)9-14-11(12)16-15-9/h3-6,8H,1-2H3,(H,13,17)(H3,12,14,15,16). The first-order valence-electron chi connectivity index (χ1n) is 5.60. The molecule has 2 rings (SSSR count). The fraction of sp³-hybridized carbons (Fsp3) is 0.364. The van der Waals surface area contributed by atoms with Crippen LogP contribution in [0.25, 0.3) is 0 Å². The minimum atomic E-state index is -0.300. The Morgan fingerprint density at radius 2 is 2.33 bits per heavy atom. The normalized spacial score (nSPS) is 12.6. The molecule has 1 unspecified atom stereocenters. The quantitative estimate of drug-likeness (QED) is 0.781. The number of thiophene rings is 1. The number of carbonyl (C=O) groups excluding carboxylic acids is 1. The van der Waals surface area contributed by atoms with Crippen LogP contribution in [0.2, 0.25) is 0 Å². The van der Waals surface area contributed by atoms with Gasteiger partial charge in [0.05, 0.1) is 6.04 Å². The maximum absolute atomic E-state index is 12.0. The van der Waals surface area contributed by atoms with Crippen molar-refractivity contribution < 1.29 is 4.79 Å². The number of nitrogens with zero attached hydrogens (tertiary/aromatic N) is 2. The monoisotopic (exact) mass is 265 g/mol. The number of anilines is 1. The summed E-state index contributed by atoms with van der Waals surface area (Å²) >= 11 is 1.62. The lowest BCUT2D eigenvalue weighted by molar-refractivity contribution is 0.0916. The molecule has 0 fully saturated rings. The van der Waals surface area contributed by atoms with Crippen molar-refractivity contribution in [2.45, 2.75) is 19.9 Å². The number of amides is 1. The summed E-state index contributed by atoms with van der Waals surface area (Å²) < 4.78 is 0. The third-order valence-corrected chi connectivity index (χ3v) is 3.48. The fourth-order valence-electron chi connectivity index (χ4n) is 1.62. The summed E-state index contributed by atoms with van der Waals surface area (Å²) in [6.07, 6.45) is 0. The third-order valence-electron chi connectivity index (χ3n) is 2.52. The number of nitrogen functional groups attached to an aromatic ring is 1. The average molecular weight is 265 g/mol. The summed E-state index contributed by atoms with van der Waals surface area (Å²) in [6, 6.07) is 3.93. The second-order valence-corrected chi connectivity index (χ2v) is 5.23. The number of H-pyrrole nitrogens is 1. The van der Waals surface area contributed by atoms with Crippen LogP contribution in [0.4, 0.5) is 5.95 Å². The molecule has 96 valence electrons. The summed E-state index contributed by atoms with van der Waals surface area (Å²) in [5.41, 5.74) is 5.37. The molecule has 0 spiro atoms. The van der Waals surface area contributed by atoms with Crippen LogP contribution in [0.1, 0.15) is 35.4 Å². The molecule has 0 aliphatic rings. The van der Waals surface area contributed by atoms with E-state index in [0.717, 1.165) is 4.88 Å². The van der Waals surface area contributed by atoms with Gasteiger partial charge in [-0.15, -0.1) is 16.4 Å². The number of hydrogen-bond donors (Lipinski definition) is 3. The second kappa shape index (κ2) is 5.18. The van der Waals surface area contributed by atoms with Crippen molar-refractivity contribution in [3.05, 3.63) is 28.2 Å². The van der Waals surface area contributed by atoms with Crippen LogP contribution in [0.5, 0.6) is 0 Å². The van der Waals surface area contributed by atoms with Gasteiger partial charge in [-0.1, -0.05) is 19.9 Å². The summed E-state index contributed by atoms with van der Waals surface area (Å²) in [7, 11) is 0. The van der Waals surface area contributed by atoms with E-state index in [1.54, 1.807) is 11.3 Å². The Labute approximate surface area is 109 Å². The zero-order chi connectivity index (χ0) is 13.1. The molecule has 0 radical (unpaired) electrons. The first-order chi connectivity index (χ1) is 8.58. The van der Waals surface area contributed by atoms with Gasteiger partial charge >= 0.3 is 0 Å². The molecule has 0 saturated heterocycles. The van der Waals surface area contributed by atoms with E-state index in [4.69, 9.17) is 5.73 Å². The minimum absolute atomic E-state index is 0.0381. The number of hydrogen-bond acceptors (Lipinski definition) is 5. The average Bonchev–Trinajstić information content (AvgIpc) is 2.95. The van der Waals surface area contributed by atoms with Crippen molar-refractivity contribution in [2.75, 3.05) is 5.73 Å². The molecule has 2 aromatic heterocycles. The molecule has 0 aromatic carbocycles. The summed E-state index contributed by atoms with van der Waals surface area (Å²) in [5.74, 6) is 0.186. The lowest BCUT2D eigenvalue weighted by Gasteiger charge is -2.20. The Balaban J connectivity index is 2.13. The maximum atomic E-state index is 12.0. The Kier molecular flexibility index (Phi) is 3.61. The van der Waals surface area contributed by atoms with E-state index in [1.807, 2.05) is 17.5 Å². The van der Waals surface area contributed by atoms with Crippen molar-refractivity contribution in [1.82, 2.24) is 20.5 Å². The molecule has 0 aliphatic carbocycles. The van der Waals surface area contributed by atoms with Gasteiger partial charge in [0.15, 0.2) is 0 Å². The molecule has 1 atom stereocenters. The highest BCUT2D eigenvalue weighted by Gasteiger charge is 2.21. The molecular weight excluding hydrogens is 250 g/mol. The summed E-state index contributed by atoms with van der Waals surface area (Å²) in [4.78, 5) is 16.9. The number of nitrogens with two attached hydrogens (primary N) is 1. The summed E-state index contributed by atoms with van der Waals surface area (Å²) in [5, 5.41) is 11.1. The predicted octanol–water partition coefficient (Wildman–Crippen LogP) is 1.58. The lowest BCUT2D eigenvalue weighted by Crippen LogP contribution is -2.32. The molecule has 1 amide bonds. The van der Waals surface area contributed by atoms with Crippen molar-refractivity contribution in [3.8, 4) is 0 Å². The zero-order valence-electron chi connectivity index (χ0n) is 10.2. The minimum Gasteiger partial charge on any atom is -0.366 e. The van der Waals surface area contributed by atoms with Crippen molar-refractivity contribution in [2.24, 2.45) is 5.92 Å². The Hall–Kier alpha value is -1.89. The van der Waals surface area contributed by atoms with Crippen LogP contribution in [-0.4, -0.2) is 21.1 Å². The van der Waals surface area contributed by atoms with Crippen LogP contribution >= 0.6 is 11.3 Å². The van der Waals surface area contributed by atoms with Crippen LogP contribution in [0, 0.1) is 5.92 Å². The molecule has 6 nitrogen and oxygen atoms in total. The molecule has 0 saturated carbocycles. The van der Waals surface area contributed by atoms with Crippen LogP contribution in [0.15, 0.2) is 17.5 Å². The maximum Gasteiger partial charge on any atom is 0.289 e. The van der Waals surface area contributed by atoms with Gasteiger partial charge in [-0.3, -0.25) is 9.89 Å². The Morgan fingerprint density at radius 1 is 1.56 bits per heavy atom. The highest BCUT2D eigenvalue weighted by molar-refractivity contribution is 7.10. The number of aromatic nitrogens is 3. The molecular formula is C11H15N5OS. The topological polar surface area (TPSA) is 96.7 Å². The molecule has 7 heteroatoms. The fourth-order valence-corrected chi connectivity index (χ4v) is 2.57. The van der Waals surface area contributed by atoms with Gasteiger partial charge in [-0.2, -0.15) is 4.98 Å². The zero-order valence-corrected chi connectivity index (χ0v) is 11.0. The van der Waals surface area contributed by atoms with E-state index in [9.17, 15) is 4.79 Å². The van der Waals surface area contributed by atoms with Gasteiger partial charge in [-0.25, -0.2) is 0 Å². The third kappa shape index (κ3) is 2.67. The molecule has 18 heavy (non-hydrogen) atoms. The second-order valence-electron chi connectivity index (χ2n) is 4.25. The first kappa shape index (κ1) is 12.6. The number of carbonyl (C=O) groups is 1. The van der Waals surface area contributed by atoms with Gasteiger partial charge in [0, 0.05) is 4.88 Å². The van der Waals surface area contributed by atoms with E-state index in [-0.39, 0.29) is 29.6 Å². The van der Waals surface area contributed by atoms with Crippen LogP contribution in [0.3, 0.4) is 0 Å². The molecule has 0 aliphatic heterocycles. The van der Waals surface area contributed by atoms with Crippen LogP contribution < -0.4 is 11.1 Å². The molecule has 4 N–H and O–H groups in total. The van der Waals surface area contributed by atoms with Gasteiger partial charge in [-0.05, 0) is 17.4 Å². The number of aromatic amines is 1. The van der Waals surface area contributed by atoms with Gasteiger partial charge < -0.3 is 11.1 Å². The van der Waals surface area contributed by atoms with E-state index in [2.05, 4.69) is 34.3 Å². The van der Waals surface area contributed by atoms with Crippen LogP contribution in [-0.2, 0) is 0 Å². The first-order valence-corrected chi connectivity index (χ1v) is 6.48. The number of nitrogens with one attached hydrogen (secondary N) is 2. The highest BCUT2D eigenvalue weighted by Crippen LogP contribution is 2.25. The van der Waals surface area contributed by atoms with Gasteiger partial charge in [0.25, 0.3) is 5.91 Å². The van der Waals surface area contributed by atoms with Crippen molar-refractivity contribution >= 4 is 23.2 Å². The SMILES string of the molecule is CC(C)C(NC(=O)c1nc(N)n[nH]1)c1cccs1. The van der Waals surface area contributed by atoms with E-state index in [0.29, 0.717) is 0 Å². The summed E-state index contributed by atoms with van der Waals surface area (Å²) in [6.45, 7) is 4.11.